The Hall–Kier alpha value is -3.40. The molecule has 2 aliphatic heterocycles. The summed E-state index contributed by atoms with van der Waals surface area (Å²) in [4.78, 5) is 21.1. The summed E-state index contributed by atoms with van der Waals surface area (Å²) in [6.07, 6.45) is 2.06. The van der Waals surface area contributed by atoms with Gasteiger partial charge in [0.15, 0.2) is 11.6 Å². The van der Waals surface area contributed by atoms with Crippen molar-refractivity contribution in [1.82, 2.24) is 19.4 Å². The molecule has 8 nitrogen and oxygen atoms in total. The summed E-state index contributed by atoms with van der Waals surface area (Å²) in [5.74, 6) is -2.00. The number of halogens is 2. The van der Waals surface area contributed by atoms with Crippen LogP contribution in [0.25, 0.3) is 11.3 Å². The molecular formula is C21H19F2N5O3. The van der Waals surface area contributed by atoms with Gasteiger partial charge in [-0.25, -0.2) is 8.78 Å². The molecule has 0 N–H and O–H groups in total. The zero-order valence-electron chi connectivity index (χ0n) is 16.7. The van der Waals surface area contributed by atoms with Gasteiger partial charge in [-0.3, -0.25) is 14.5 Å². The third-order valence-corrected chi connectivity index (χ3v) is 5.67. The van der Waals surface area contributed by atoms with E-state index in [1.165, 1.54) is 18.3 Å². The topological polar surface area (TPSA) is 86.3 Å². The number of imidazole rings is 1. The van der Waals surface area contributed by atoms with E-state index in [-0.39, 0.29) is 17.4 Å². The van der Waals surface area contributed by atoms with E-state index in [9.17, 15) is 18.9 Å². The third kappa shape index (κ3) is 3.52. The summed E-state index contributed by atoms with van der Waals surface area (Å²) in [7, 11) is 0. The Labute approximate surface area is 176 Å². The maximum Gasteiger partial charge on any atom is 0.415 e. The van der Waals surface area contributed by atoms with Crippen LogP contribution in [0, 0.1) is 21.7 Å². The molecule has 0 saturated carbocycles. The van der Waals surface area contributed by atoms with E-state index in [0.717, 1.165) is 23.9 Å². The molecule has 4 heterocycles. The van der Waals surface area contributed by atoms with Crippen LogP contribution in [0.15, 0.2) is 36.5 Å². The van der Waals surface area contributed by atoms with E-state index < -0.39 is 22.2 Å². The zero-order valence-corrected chi connectivity index (χ0v) is 16.7. The molecule has 160 valence electrons. The zero-order chi connectivity index (χ0) is 21.8. The largest absolute Gasteiger partial charge is 0.436 e. The van der Waals surface area contributed by atoms with Gasteiger partial charge in [-0.15, -0.1) is 0 Å². The Morgan fingerprint density at radius 3 is 2.87 bits per heavy atom. The van der Waals surface area contributed by atoms with E-state index in [0.29, 0.717) is 31.7 Å². The lowest BCUT2D eigenvalue weighted by Gasteiger charge is -2.34. The van der Waals surface area contributed by atoms with Gasteiger partial charge < -0.3 is 14.9 Å². The van der Waals surface area contributed by atoms with Crippen molar-refractivity contribution in [2.75, 3.05) is 13.1 Å². The van der Waals surface area contributed by atoms with Gasteiger partial charge in [-0.1, -0.05) is 12.1 Å². The van der Waals surface area contributed by atoms with E-state index in [1.807, 2.05) is 13.0 Å². The van der Waals surface area contributed by atoms with Crippen molar-refractivity contribution in [3.05, 3.63) is 69.5 Å². The molecule has 3 aromatic rings. The number of hydrogen-bond donors (Lipinski definition) is 0. The molecular weight excluding hydrogens is 408 g/mol. The lowest BCUT2D eigenvalue weighted by atomic mass is 10.00. The number of fused-ring (bicyclic) bond motifs is 2. The van der Waals surface area contributed by atoms with Gasteiger partial charge in [-0.05, 0) is 35.6 Å². The summed E-state index contributed by atoms with van der Waals surface area (Å²) in [5, 5.41) is 10.9. The second-order valence-electron chi connectivity index (χ2n) is 8.18. The van der Waals surface area contributed by atoms with Crippen molar-refractivity contribution in [1.29, 1.82) is 0 Å². The molecule has 5 rings (SSSR count). The van der Waals surface area contributed by atoms with Crippen LogP contribution in [-0.2, 0) is 19.5 Å². The van der Waals surface area contributed by atoms with Crippen molar-refractivity contribution in [3.63, 3.8) is 0 Å². The minimum atomic E-state index is -0.892. The van der Waals surface area contributed by atoms with Crippen LogP contribution in [-0.4, -0.2) is 43.0 Å². The lowest BCUT2D eigenvalue weighted by molar-refractivity contribution is -0.389. The van der Waals surface area contributed by atoms with Gasteiger partial charge in [-0.2, -0.15) is 0 Å². The quantitative estimate of drug-likeness (QED) is 0.469. The monoisotopic (exact) mass is 427 g/mol. The Kier molecular flexibility index (Phi) is 4.47. The fourth-order valence-electron chi connectivity index (χ4n) is 4.30. The predicted molar refractivity (Wildman–Crippen MR) is 106 cm³/mol. The second-order valence-corrected chi connectivity index (χ2v) is 8.18. The number of nitrogens with zero attached hydrogens (tertiary/aromatic N) is 5. The molecule has 0 unspecified atom stereocenters. The predicted octanol–water partition coefficient (Wildman–Crippen LogP) is 3.34. The first-order valence-corrected chi connectivity index (χ1v) is 9.87. The highest BCUT2D eigenvalue weighted by Gasteiger charge is 2.41. The molecule has 0 bridgehead atoms. The molecule has 1 aromatic carbocycles. The normalized spacial score (nSPS) is 20.2. The minimum absolute atomic E-state index is 0.153. The summed E-state index contributed by atoms with van der Waals surface area (Å²) in [5.41, 5.74) is 1.93. The third-order valence-electron chi connectivity index (χ3n) is 5.67. The molecule has 10 heteroatoms. The smallest absolute Gasteiger partial charge is 0.415 e. The van der Waals surface area contributed by atoms with E-state index in [2.05, 4.69) is 14.9 Å². The number of pyridine rings is 1. The summed E-state index contributed by atoms with van der Waals surface area (Å²) in [6.45, 7) is 4.43. The number of ether oxygens (including phenoxy) is 1. The Morgan fingerprint density at radius 2 is 2.10 bits per heavy atom. The van der Waals surface area contributed by atoms with Gasteiger partial charge in [0.05, 0.1) is 12.2 Å². The average molecular weight is 427 g/mol. The summed E-state index contributed by atoms with van der Waals surface area (Å²) in [6, 6.07) is 7.95. The van der Waals surface area contributed by atoms with Crippen molar-refractivity contribution in [2.45, 2.75) is 32.0 Å². The molecule has 0 amide bonds. The summed E-state index contributed by atoms with van der Waals surface area (Å²) < 4.78 is 35.3. The molecule has 0 fully saturated rings. The highest BCUT2D eigenvalue weighted by Crippen LogP contribution is 2.33. The minimum Gasteiger partial charge on any atom is -0.436 e. The maximum atomic E-state index is 14.1. The number of rotatable bonds is 4. The molecule has 31 heavy (non-hydrogen) atoms. The maximum absolute atomic E-state index is 14.1. The van der Waals surface area contributed by atoms with Gasteiger partial charge >= 0.3 is 11.8 Å². The van der Waals surface area contributed by atoms with E-state index in [4.69, 9.17) is 4.74 Å². The Morgan fingerprint density at radius 1 is 1.26 bits per heavy atom. The highest BCUT2D eigenvalue weighted by atomic mass is 19.2. The fourth-order valence-corrected chi connectivity index (χ4v) is 4.30. The van der Waals surface area contributed by atoms with Crippen molar-refractivity contribution in [3.8, 4) is 17.3 Å². The summed E-state index contributed by atoms with van der Waals surface area (Å²) >= 11 is 0. The number of nitro groups is 1. The highest BCUT2D eigenvalue weighted by molar-refractivity contribution is 5.60. The van der Waals surface area contributed by atoms with Crippen LogP contribution in [0.1, 0.15) is 18.2 Å². The fraction of sp³-hybridized carbons (Fsp3) is 0.333. The number of hydrogen-bond acceptors (Lipinski definition) is 6. The van der Waals surface area contributed by atoms with Crippen molar-refractivity contribution >= 4 is 5.82 Å². The van der Waals surface area contributed by atoms with Gasteiger partial charge in [0.2, 0.25) is 0 Å². The first-order chi connectivity index (χ1) is 14.8. The van der Waals surface area contributed by atoms with E-state index in [1.54, 1.807) is 10.6 Å². The van der Waals surface area contributed by atoms with Crippen LogP contribution in [0.5, 0.6) is 6.01 Å². The van der Waals surface area contributed by atoms with Crippen LogP contribution >= 0.6 is 0 Å². The van der Waals surface area contributed by atoms with Gasteiger partial charge in [0, 0.05) is 42.3 Å². The van der Waals surface area contributed by atoms with Gasteiger partial charge in [0.25, 0.3) is 0 Å². The Bertz CT molecular complexity index is 1170. The molecule has 0 aliphatic carbocycles. The first-order valence-electron chi connectivity index (χ1n) is 9.87. The first kappa shape index (κ1) is 19.6. The molecule has 0 spiro atoms. The SMILES string of the molecule is C[C@]1(CN2CCc3nc(-c4cccc(F)c4F)ccc3C2)Cn2cc([N+](=O)[O-])nc2O1. The van der Waals surface area contributed by atoms with E-state index >= 15 is 0 Å². The molecule has 2 aliphatic rings. The van der Waals surface area contributed by atoms with Gasteiger partial charge in [0.1, 0.15) is 11.8 Å². The van der Waals surface area contributed by atoms with Crippen LogP contribution in [0.3, 0.4) is 0 Å². The number of aromatic nitrogens is 3. The number of benzene rings is 1. The Balaban J connectivity index is 1.30. The molecule has 1 atom stereocenters. The average Bonchev–Trinajstić information content (AvgIpc) is 3.25. The standard InChI is InChI=1S/C21H19F2N5O3/c1-21(12-27-10-18(28(29)30)25-20(27)31-21)11-26-8-7-16-13(9-26)5-6-17(24-16)14-3-2-4-15(22)19(14)23/h2-6,10H,7-9,11-12H2,1H3/t21-/m0/s1. The van der Waals surface area contributed by atoms with Crippen molar-refractivity contribution < 1.29 is 18.4 Å². The van der Waals surface area contributed by atoms with Crippen LogP contribution < -0.4 is 4.74 Å². The van der Waals surface area contributed by atoms with Crippen LogP contribution in [0.2, 0.25) is 0 Å². The molecule has 0 radical (unpaired) electrons. The molecule has 2 aromatic heterocycles. The molecule has 0 saturated heterocycles. The van der Waals surface area contributed by atoms with Crippen molar-refractivity contribution in [2.24, 2.45) is 0 Å². The lowest BCUT2D eigenvalue weighted by Crippen LogP contribution is -2.46. The van der Waals surface area contributed by atoms with Crippen LogP contribution in [0.4, 0.5) is 14.6 Å². The second kappa shape index (κ2) is 7.09.